The largest absolute Gasteiger partial charge is 0.144 e. The molecule has 0 aromatic carbocycles. The standard InChI is InChI=1S/C14H22S2/c1-4-11-9-12(5-2)13(10-11)14(3)15-7-6-8-16-14/h4-5,11-13H,1-2,6-10H2,3H3. The van der Waals surface area contributed by atoms with E-state index in [9.17, 15) is 0 Å². The van der Waals surface area contributed by atoms with Crippen LogP contribution < -0.4 is 0 Å². The van der Waals surface area contributed by atoms with E-state index in [1.54, 1.807) is 0 Å². The number of thioether (sulfide) groups is 2. The third-order valence-electron chi connectivity index (χ3n) is 4.02. The molecule has 3 unspecified atom stereocenters. The summed E-state index contributed by atoms with van der Waals surface area (Å²) in [6, 6.07) is 0. The molecule has 0 aromatic rings. The first-order valence-corrected chi connectivity index (χ1v) is 8.19. The summed E-state index contributed by atoms with van der Waals surface area (Å²) in [6.07, 6.45) is 8.31. The molecule has 2 aliphatic rings. The van der Waals surface area contributed by atoms with Gasteiger partial charge < -0.3 is 0 Å². The highest BCUT2D eigenvalue weighted by atomic mass is 32.2. The fourth-order valence-electron chi connectivity index (χ4n) is 3.03. The van der Waals surface area contributed by atoms with Gasteiger partial charge in [0.1, 0.15) is 0 Å². The van der Waals surface area contributed by atoms with Crippen LogP contribution in [-0.4, -0.2) is 15.6 Å². The molecule has 1 aliphatic carbocycles. The number of hydrogen-bond donors (Lipinski definition) is 0. The minimum absolute atomic E-state index is 0.425. The SMILES string of the molecule is C=CC1CC(C=C)C(C2(C)SCCCS2)C1. The molecule has 1 saturated heterocycles. The van der Waals surface area contributed by atoms with Gasteiger partial charge in [-0.1, -0.05) is 12.2 Å². The first-order chi connectivity index (χ1) is 7.69. The molecular formula is C14H22S2. The second-order valence-electron chi connectivity index (χ2n) is 5.04. The first kappa shape index (κ1) is 12.6. The van der Waals surface area contributed by atoms with Gasteiger partial charge in [-0.05, 0) is 55.4 Å². The van der Waals surface area contributed by atoms with Gasteiger partial charge in [0, 0.05) is 0 Å². The molecule has 2 heteroatoms. The van der Waals surface area contributed by atoms with Crippen LogP contribution in [0.4, 0.5) is 0 Å². The Morgan fingerprint density at radius 2 is 1.81 bits per heavy atom. The van der Waals surface area contributed by atoms with E-state index in [0.717, 1.165) is 5.92 Å². The third-order valence-corrected chi connectivity index (χ3v) is 7.47. The maximum Gasteiger partial charge on any atom is 0.0616 e. The van der Waals surface area contributed by atoms with E-state index in [0.29, 0.717) is 15.9 Å². The fourth-order valence-corrected chi connectivity index (χ4v) is 6.41. The van der Waals surface area contributed by atoms with Crippen LogP contribution in [0, 0.1) is 17.8 Å². The molecule has 0 aromatic heterocycles. The van der Waals surface area contributed by atoms with E-state index >= 15 is 0 Å². The average Bonchev–Trinajstić information content (AvgIpc) is 2.74. The van der Waals surface area contributed by atoms with Gasteiger partial charge in [-0.3, -0.25) is 0 Å². The van der Waals surface area contributed by atoms with E-state index in [1.165, 1.54) is 30.8 Å². The Kier molecular flexibility index (Phi) is 4.12. The predicted octanol–water partition coefficient (Wildman–Crippen LogP) is 4.59. The fraction of sp³-hybridized carbons (Fsp3) is 0.714. The van der Waals surface area contributed by atoms with E-state index in [-0.39, 0.29) is 0 Å². The van der Waals surface area contributed by atoms with Gasteiger partial charge in [0.2, 0.25) is 0 Å². The van der Waals surface area contributed by atoms with Crippen LogP contribution in [0.5, 0.6) is 0 Å². The quantitative estimate of drug-likeness (QED) is 0.676. The van der Waals surface area contributed by atoms with Crippen molar-refractivity contribution >= 4 is 23.5 Å². The second-order valence-corrected chi connectivity index (χ2v) is 8.39. The zero-order valence-corrected chi connectivity index (χ0v) is 11.8. The summed E-state index contributed by atoms with van der Waals surface area (Å²) < 4.78 is 0.425. The van der Waals surface area contributed by atoms with E-state index in [4.69, 9.17) is 0 Å². The lowest BCUT2D eigenvalue weighted by Gasteiger charge is -2.40. The van der Waals surface area contributed by atoms with Crippen molar-refractivity contribution in [2.75, 3.05) is 11.5 Å². The van der Waals surface area contributed by atoms with Crippen LogP contribution in [0.2, 0.25) is 0 Å². The monoisotopic (exact) mass is 254 g/mol. The maximum atomic E-state index is 4.03. The van der Waals surface area contributed by atoms with Crippen LogP contribution in [0.25, 0.3) is 0 Å². The van der Waals surface area contributed by atoms with Gasteiger partial charge in [-0.2, -0.15) is 0 Å². The molecule has 3 atom stereocenters. The maximum absolute atomic E-state index is 4.03. The van der Waals surface area contributed by atoms with Crippen molar-refractivity contribution in [2.45, 2.75) is 30.3 Å². The molecule has 0 radical (unpaired) electrons. The van der Waals surface area contributed by atoms with Crippen LogP contribution in [0.15, 0.2) is 25.3 Å². The molecule has 0 nitrogen and oxygen atoms in total. The molecular weight excluding hydrogens is 232 g/mol. The van der Waals surface area contributed by atoms with Crippen molar-refractivity contribution in [3.05, 3.63) is 25.3 Å². The summed E-state index contributed by atoms with van der Waals surface area (Å²) in [5.74, 6) is 4.88. The molecule has 1 heterocycles. The molecule has 1 aliphatic heterocycles. The molecule has 90 valence electrons. The number of hydrogen-bond acceptors (Lipinski definition) is 2. The zero-order chi connectivity index (χ0) is 11.6. The Labute approximate surface area is 108 Å². The molecule has 1 saturated carbocycles. The topological polar surface area (TPSA) is 0 Å². The van der Waals surface area contributed by atoms with Crippen LogP contribution in [0.3, 0.4) is 0 Å². The van der Waals surface area contributed by atoms with Crippen molar-refractivity contribution < 1.29 is 0 Å². The zero-order valence-electron chi connectivity index (χ0n) is 10.2. The van der Waals surface area contributed by atoms with Crippen molar-refractivity contribution in [3.63, 3.8) is 0 Å². The van der Waals surface area contributed by atoms with E-state index < -0.39 is 0 Å². The minimum Gasteiger partial charge on any atom is -0.144 e. The normalized spacial score (nSPS) is 38.2. The van der Waals surface area contributed by atoms with Crippen molar-refractivity contribution in [3.8, 4) is 0 Å². The Bertz CT molecular complexity index is 266. The lowest BCUT2D eigenvalue weighted by Crippen LogP contribution is -2.33. The van der Waals surface area contributed by atoms with Gasteiger partial charge in [0.05, 0.1) is 4.08 Å². The van der Waals surface area contributed by atoms with E-state index in [1.807, 2.05) is 0 Å². The highest BCUT2D eigenvalue weighted by Gasteiger charge is 2.45. The molecule has 0 bridgehead atoms. The molecule has 2 fully saturated rings. The summed E-state index contributed by atoms with van der Waals surface area (Å²) in [4.78, 5) is 0. The van der Waals surface area contributed by atoms with Crippen LogP contribution >= 0.6 is 23.5 Å². The molecule has 16 heavy (non-hydrogen) atoms. The van der Waals surface area contributed by atoms with Crippen LogP contribution in [-0.2, 0) is 0 Å². The summed E-state index contributed by atoms with van der Waals surface area (Å²) in [5, 5.41) is 0. The van der Waals surface area contributed by atoms with Gasteiger partial charge in [0.25, 0.3) is 0 Å². The Morgan fingerprint density at radius 1 is 1.12 bits per heavy atom. The highest BCUT2D eigenvalue weighted by Crippen LogP contribution is 2.55. The minimum atomic E-state index is 0.425. The van der Waals surface area contributed by atoms with Crippen molar-refractivity contribution in [1.82, 2.24) is 0 Å². The molecule has 2 rings (SSSR count). The lowest BCUT2D eigenvalue weighted by atomic mass is 9.93. The van der Waals surface area contributed by atoms with Gasteiger partial charge in [0.15, 0.2) is 0 Å². The Morgan fingerprint density at radius 3 is 2.38 bits per heavy atom. The van der Waals surface area contributed by atoms with Crippen molar-refractivity contribution in [1.29, 1.82) is 0 Å². The van der Waals surface area contributed by atoms with Crippen LogP contribution in [0.1, 0.15) is 26.2 Å². The first-order valence-electron chi connectivity index (χ1n) is 6.22. The Balaban J connectivity index is 2.11. The smallest absolute Gasteiger partial charge is 0.0616 e. The number of allylic oxidation sites excluding steroid dienone is 2. The molecule has 0 amide bonds. The third kappa shape index (κ3) is 2.38. The van der Waals surface area contributed by atoms with E-state index in [2.05, 4.69) is 55.8 Å². The summed E-state index contributed by atoms with van der Waals surface area (Å²) in [6.45, 7) is 10.5. The average molecular weight is 254 g/mol. The summed E-state index contributed by atoms with van der Waals surface area (Å²) >= 11 is 4.35. The summed E-state index contributed by atoms with van der Waals surface area (Å²) in [7, 11) is 0. The lowest BCUT2D eigenvalue weighted by molar-refractivity contribution is 0.430. The highest BCUT2D eigenvalue weighted by molar-refractivity contribution is 8.18. The predicted molar refractivity (Wildman–Crippen MR) is 78.0 cm³/mol. The number of rotatable bonds is 3. The summed E-state index contributed by atoms with van der Waals surface area (Å²) in [5.41, 5.74) is 0. The van der Waals surface area contributed by atoms with Gasteiger partial charge in [-0.15, -0.1) is 36.7 Å². The van der Waals surface area contributed by atoms with Gasteiger partial charge >= 0.3 is 0 Å². The molecule has 0 N–H and O–H groups in total. The van der Waals surface area contributed by atoms with Crippen molar-refractivity contribution in [2.24, 2.45) is 17.8 Å². The van der Waals surface area contributed by atoms with Gasteiger partial charge in [-0.25, -0.2) is 0 Å². The molecule has 0 spiro atoms. The second kappa shape index (κ2) is 5.22. The Hall–Kier alpha value is 0.180.